The number of imidazole rings is 1. The van der Waals surface area contributed by atoms with E-state index >= 15 is 0 Å². The van der Waals surface area contributed by atoms with Crippen molar-refractivity contribution in [3.63, 3.8) is 0 Å². The normalized spacial score (nSPS) is 11.3. The van der Waals surface area contributed by atoms with Crippen LogP contribution in [0.4, 0.5) is 0 Å². The molecule has 3 aromatic carbocycles. The lowest BCUT2D eigenvalue weighted by Gasteiger charge is -2.13. The third-order valence-electron chi connectivity index (χ3n) is 6.73. The predicted octanol–water partition coefficient (Wildman–Crippen LogP) is 6.11. The van der Waals surface area contributed by atoms with E-state index in [1.807, 2.05) is 24.3 Å². The molecule has 3 heterocycles. The van der Waals surface area contributed by atoms with Gasteiger partial charge in [-0.15, -0.1) is 10.2 Å². The van der Waals surface area contributed by atoms with E-state index < -0.39 is 0 Å². The van der Waals surface area contributed by atoms with E-state index in [0.717, 1.165) is 68.2 Å². The van der Waals surface area contributed by atoms with Gasteiger partial charge in [-0.3, -0.25) is 4.57 Å². The molecule has 6 aromatic rings. The molecule has 3 aromatic heterocycles. The van der Waals surface area contributed by atoms with Gasteiger partial charge in [0, 0.05) is 23.2 Å². The number of hydrogen-bond donors (Lipinski definition) is 1. The van der Waals surface area contributed by atoms with E-state index in [4.69, 9.17) is 9.97 Å². The number of rotatable bonds is 5. The topological polar surface area (TPSA) is 85.2 Å². The van der Waals surface area contributed by atoms with E-state index in [0.29, 0.717) is 5.82 Å². The van der Waals surface area contributed by atoms with Gasteiger partial charge in [0.15, 0.2) is 5.65 Å². The molecule has 0 aliphatic carbocycles. The second-order valence-corrected chi connectivity index (χ2v) is 8.79. The third-order valence-corrected chi connectivity index (χ3v) is 6.73. The highest BCUT2D eigenvalue weighted by Gasteiger charge is 2.19. The fourth-order valence-electron chi connectivity index (χ4n) is 4.74. The highest BCUT2D eigenvalue weighted by Crippen LogP contribution is 2.33. The Morgan fingerprint density at radius 2 is 1.47 bits per heavy atom. The highest BCUT2D eigenvalue weighted by atomic mass is 15.5. The highest BCUT2D eigenvalue weighted by molar-refractivity contribution is 5.84. The number of hydrogen-bond acceptors (Lipinski definition) is 5. The number of aryl methyl sites for hydroxylation is 2. The molecule has 0 radical (unpaired) electrons. The summed E-state index contributed by atoms with van der Waals surface area (Å²) in [5.74, 6) is 1.57. The fourth-order valence-corrected chi connectivity index (χ4v) is 4.74. The van der Waals surface area contributed by atoms with Crippen LogP contribution in [0.25, 0.3) is 50.6 Å². The number of nitrogens with one attached hydrogen (secondary N) is 1. The minimum absolute atomic E-state index is 0.576. The average Bonchev–Trinajstić information content (AvgIpc) is 3.60. The Bertz CT molecular complexity index is 1670. The maximum atomic E-state index is 5.15. The van der Waals surface area contributed by atoms with E-state index in [9.17, 15) is 0 Å². The van der Waals surface area contributed by atoms with Crippen LogP contribution in [-0.2, 0) is 6.42 Å². The van der Waals surface area contributed by atoms with Crippen LogP contribution >= 0.6 is 0 Å². The number of pyridine rings is 1. The Morgan fingerprint density at radius 1 is 0.750 bits per heavy atom. The molecule has 0 aliphatic rings. The molecule has 176 valence electrons. The van der Waals surface area contributed by atoms with E-state index in [1.54, 1.807) is 0 Å². The maximum absolute atomic E-state index is 5.15. The van der Waals surface area contributed by atoms with Gasteiger partial charge in [0.1, 0.15) is 11.3 Å². The maximum Gasteiger partial charge on any atom is 0.205 e. The standard InChI is InChI=1S/C29H25N7/c1-4-25-30-27-19(3)18(2)26(21-10-6-5-7-11-21)31-29(27)36(25)22-16-14-20(15-17-22)23-12-8-9-13-24(23)28-32-34-35-33-28/h5-17H,4H2,1-3H3,(H,32,33,34,35). The van der Waals surface area contributed by atoms with Crippen molar-refractivity contribution in [3.8, 4) is 39.5 Å². The SMILES string of the molecule is CCc1nc2c(C)c(C)c(-c3ccccc3)nc2n1-c1ccc(-c2ccccc2-c2nn[nH]n2)cc1. The lowest BCUT2D eigenvalue weighted by Crippen LogP contribution is -2.02. The molecule has 0 bridgehead atoms. The van der Waals surface area contributed by atoms with Gasteiger partial charge >= 0.3 is 0 Å². The van der Waals surface area contributed by atoms with E-state index in [-0.39, 0.29) is 0 Å². The van der Waals surface area contributed by atoms with Crippen LogP contribution in [0.5, 0.6) is 0 Å². The molecule has 7 heteroatoms. The second kappa shape index (κ2) is 8.85. The van der Waals surface area contributed by atoms with Crippen LogP contribution in [-0.4, -0.2) is 35.2 Å². The summed E-state index contributed by atoms with van der Waals surface area (Å²) in [5, 5.41) is 14.6. The summed E-state index contributed by atoms with van der Waals surface area (Å²) in [5.41, 5.74) is 10.4. The van der Waals surface area contributed by atoms with Crippen molar-refractivity contribution in [3.05, 3.63) is 95.8 Å². The van der Waals surface area contributed by atoms with Crippen molar-refractivity contribution in [2.45, 2.75) is 27.2 Å². The summed E-state index contributed by atoms with van der Waals surface area (Å²) in [7, 11) is 0. The number of aromatic amines is 1. The van der Waals surface area contributed by atoms with E-state index in [2.05, 4.69) is 101 Å². The zero-order valence-electron chi connectivity index (χ0n) is 20.4. The van der Waals surface area contributed by atoms with Crippen molar-refractivity contribution in [2.75, 3.05) is 0 Å². The Hall–Kier alpha value is -4.65. The molecule has 0 unspecified atom stereocenters. The van der Waals surface area contributed by atoms with Crippen molar-refractivity contribution < 1.29 is 0 Å². The van der Waals surface area contributed by atoms with Gasteiger partial charge in [-0.1, -0.05) is 73.7 Å². The molecule has 0 aliphatic heterocycles. The molecular formula is C29H25N7. The van der Waals surface area contributed by atoms with Crippen molar-refractivity contribution in [1.82, 2.24) is 35.2 Å². The fraction of sp³-hybridized carbons (Fsp3) is 0.138. The Morgan fingerprint density at radius 3 is 2.17 bits per heavy atom. The van der Waals surface area contributed by atoms with Gasteiger partial charge in [-0.05, 0) is 53.4 Å². The molecule has 0 fully saturated rings. The van der Waals surface area contributed by atoms with Gasteiger partial charge in [-0.2, -0.15) is 5.21 Å². The van der Waals surface area contributed by atoms with Crippen LogP contribution < -0.4 is 0 Å². The zero-order valence-corrected chi connectivity index (χ0v) is 20.4. The summed E-state index contributed by atoms with van der Waals surface area (Å²) in [6.07, 6.45) is 0.804. The molecule has 0 saturated carbocycles. The summed E-state index contributed by atoms with van der Waals surface area (Å²) < 4.78 is 2.18. The minimum Gasteiger partial charge on any atom is -0.281 e. The molecular weight excluding hydrogens is 446 g/mol. The van der Waals surface area contributed by atoms with Crippen molar-refractivity contribution in [1.29, 1.82) is 0 Å². The van der Waals surface area contributed by atoms with Crippen LogP contribution in [0, 0.1) is 13.8 Å². The van der Waals surface area contributed by atoms with Crippen LogP contribution in [0.2, 0.25) is 0 Å². The van der Waals surface area contributed by atoms with Crippen LogP contribution in [0.1, 0.15) is 23.9 Å². The first kappa shape index (κ1) is 21.9. The first-order chi connectivity index (χ1) is 17.7. The average molecular weight is 472 g/mol. The quantitative estimate of drug-likeness (QED) is 0.328. The third kappa shape index (κ3) is 3.56. The predicted molar refractivity (Wildman–Crippen MR) is 142 cm³/mol. The smallest absolute Gasteiger partial charge is 0.205 e. The van der Waals surface area contributed by atoms with Crippen molar-refractivity contribution in [2.24, 2.45) is 0 Å². The summed E-state index contributed by atoms with van der Waals surface area (Å²) in [4.78, 5) is 10.2. The lowest BCUT2D eigenvalue weighted by molar-refractivity contribution is 0.881. The van der Waals surface area contributed by atoms with Crippen LogP contribution in [0.3, 0.4) is 0 Å². The van der Waals surface area contributed by atoms with Crippen LogP contribution in [0.15, 0.2) is 78.9 Å². The van der Waals surface area contributed by atoms with Gasteiger partial charge in [0.25, 0.3) is 0 Å². The zero-order chi connectivity index (χ0) is 24.6. The van der Waals surface area contributed by atoms with Gasteiger partial charge in [0.2, 0.25) is 5.82 Å². The number of fused-ring (bicyclic) bond motifs is 1. The van der Waals surface area contributed by atoms with Gasteiger partial charge < -0.3 is 0 Å². The molecule has 7 nitrogen and oxygen atoms in total. The number of H-pyrrole nitrogens is 1. The molecule has 0 atom stereocenters. The molecule has 0 spiro atoms. The largest absolute Gasteiger partial charge is 0.281 e. The Balaban J connectivity index is 1.50. The van der Waals surface area contributed by atoms with Gasteiger partial charge in [0.05, 0.1) is 5.69 Å². The van der Waals surface area contributed by atoms with E-state index in [1.165, 1.54) is 0 Å². The number of nitrogens with zero attached hydrogens (tertiary/aromatic N) is 6. The Labute approximate surface area is 208 Å². The molecule has 36 heavy (non-hydrogen) atoms. The summed E-state index contributed by atoms with van der Waals surface area (Å²) in [6, 6.07) is 26.9. The Kier molecular flexibility index (Phi) is 5.37. The first-order valence-corrected chi connectivity index (χ1v) is 12.0. The number of tetrazole rings is 1. The molecule has 6 rings (SSSR count). The van der Waals surface area contributed by atoms with Crippen molar-refractivity contribution >= 4 is 11.2 Å². The lowest BCUT2D eigenvalue weighted by atomic mass is 9.99. The number of benzene rings is 3. The molecule has 0 saturated heterocycles. The second-order valence-electron chi connectivity index (χ2n) is 8.79. The van der Waals surface area contributed by atoms with Gasteiger partial charge in [-0.25, -0.2) is 9.97 Å². The number of aromatic nitrogens is 7. The monoisotopic (exact) mass is 471 g/mol. The first-order valence-electron chi connectivity index (χ1n) is 12.0. The summed E-state index contributed by atoms with van der Waals surface area (Å²) in [6.45, 7) is 6.40. The minimum atomic E-state index is 0.576. The summed E-state index contributed by atoms with van der Waals surface area (Å²) >= 11 is 0. The molecule has 1 N–H and O–H groups in total. The molecule has 0 amide bonds.